The highest BCUT2D eigenvalue weighted by Gasteiger charge is 2.37. The molecule has 1 aliphatic rings. The van der Waals surface area contributed by atoms with Crippen molar-refractivity contribution in [1.82, 2.24) is 9.97 Å². The SMILES string of the molecule is COC(=O)C1Cc2c(ccc(OC)c2OCc2ccc(OC)cn2)CN1c1nc2ccc(C#N)cc2o1. The second-order valence-corrected chi connectivity index (χ2v) is 8.37. The zero-order chi connectivity index (χ0) is 25.9. The number of anilines is 1. The van der Waals surface area contributed by atoms with E-state index in [-0.39, 0.29) is 19.0 Å². The molecule has 1 atom stereocenters. The maximum absolute atomic E-state index is 12.9. The molecular formula is C27H24N4O6. The quantitative estimate of drug-likeness (QED) is 0.347. The number of nitriles is 1. The largest absolute Gasteiger partial charge is 0.495 e. The summed E-state index contributed by atoms with van der Waals surface area (Å²) in [5.41, 5.74) is 4.00. The van der Waals surface area contributed by atoms with E-state index in [1.165, 1.54) is 7.11 Å². The van der Waals surface area contributed by atoms with Crippen LogP contribution >= 0.6 is 0 Å². The number of nitrogens with zero attached hydrogens (tertiary/aromatic N) is 4. The third-order valence-electron chi connectivity index (χ3n) is 6.28. The van der Waals surface area contributed by atoms with Gasteiger partial charge in [0.05, 0.1) is 44.9 Å². The van der Waals surface area contributed by atoms with Crippen LogP contribution in [0, 0.1) is 11.3 Å². The van der Waals surface area contributed by atoms with Crippen LogP contribution in [-0.2, 0) is 29.1 Å². The Morgan fingerprint density at radius 2 is 2.03 bits per heavy atom. The average molecular weight is 501 g/mol. The van der Waals surface area contributed by atoms with Gasteiger partial charge in [0.15, 0.2) is 17.1 Å². The molecule has 10 heteroatoms. The Bertz CT molecular complexity index is 1490. The Morgan fingerprint density at radius 1 is 1.16 bits per heavy atom. The van der Waals surface area contributed by atoms with Crippen molar-refractivity contribution in [3.05, 3.63) is 71.0 Å². The fourth-order valence-corrected chi connectivity index (χ4v) is 4.35. The van der Waals surface area contributed by atoms with Gasteiger partial charge in [-0.05, 0) is 35.9 Å². The minimum absolute atomic E-state index is 0.204. The molecule has 0 aliphatic carbocycles. The summed E-state index contributed by atoms with van der Waals surface area (Å²) in [6, 6.07) is 14.1. The number of carbonyl (C=O) groups excluding carboxylic acids is 1. The first-order valence-corrected chi connectivity index (χ1v) is 11.5. The molecule has 10 nitrogen and oxygen atoms in total. The topological polar surface area (TPSA) is 120 Å². The van der Waals surface area contributed by atoms with Gasteiger partial charge in [0.2, 0.25) is 0 Å². The molecule has 1 aliphatic heterocycles. The Hall–Kier alpha value is -4.78. The Balaban J connectivity index is 1.50. The van der Waals surface area contributed by atoms with E-state index in [9.17, 15) is 10.1 Å². The molecule has 37 heavy (non-hydrogen) atoms. The van der Waals surface area contributed by atoms with Crippen molar-refractivity contribution in [2.24, 2.45) is 0 Å². The van der Waals surface area contributed by atoms with Gasteiger partial charge in [0, 0.05) is 24.6 Å². The highest BCUT2D eigenvalue weighted by Crippen LogP contribution is 2.40. The lowest BCUT2D eigenvalue weighted by molar-refractivity contribution is -0.142. The third kappa shape index (κ3) is 4.59. The van der Waals surface area contributed by atoms with Gasteiger partial charge in [0.1, 0.15) is 23.9 Å². The van der Waals surface area contributed by atoms with E-state index < -0.39 is 12.0 Å². The van der Waals surface area contributed by atoms with Crippen LogP contribution in [0.25, 0.3) is 11.1 Å². The highest BCUT2D eigenvalue weighted by molar-refractivity contribution is 5.82. The molecular weight excluding hydrogens is 476 g/mol. The molecule has 4 aromatic rings. The smallest absolute Gasteiger partial charge is 0.329 e. The molecule has 0 N–H and O–H groups in total. The summed E-state index contributed by atoms with van der Waals surface area (Å²) in [5, 5.41) is 9.20. The first-order chi connectivity index (χ1) is 18.0. The van der Waals surface area contributed by atoms with E-state index in [2.05, 4.69) is 16.0 Å². The minimum Gasteiger partial charge on any atom is -0.495 e. The third-order valence-corrected chi connectivity index (χ3v) is 6.28. The first kappa shape index (κ1) is 23.9. The van der Waals surface area contributed by atoms with Crippen LogP contribution in [0.4, 0.5) is 6.01 Å². The molecule has 188 valence electrons. The predicted molar refractivity (Wildman–Crippen MR) is 133 cm³/mol. The molecule has 0 saturated heterocycles. The lowest BCUT2D eigenvalue weighted by Crippen LogP contribution is -2.46. The second kappa shape index (κ2) is 10.1. The summed E-state index contributed by atoms with van der Waals surface area (Å²) < 4.78 is 28.0. The Morgan fingerprint density at radius 3 is 2.73 bits per heavy atom. The fraction of sp³-hybridized carbons (Fsp3) is 0.259. The van der Waals surface area contributed by atoms with Gasteiger partial charge >= 0.3 is 5.97 Å². The van der Waals surface area contributed by atoms with Crippen molar-refractivity contribution in [2.45, 2.75) is 25.6 Å². The van der Waals surface area contributed by atoms with Crippen molar-refractivity contribution in [3.63, 3.8) is 0 Å². The number of ether oxygens (including phenoxy) is 4. The molecule has 5 rings (SSSR count). The molecule has 2 aromatic heterocycles. The molecule has 3 heterocycles. The van der Waals surface area contributed by atoms with Crippen LogP contribution in [0.2, 0.25) is 0 Å². The van der Waals surface area contributed by atoms with Crippen LogP contribution in [0.1, 0.15) is 22.4 Å². The molecule has 1 unspecified atom stereocenters. The monoisotopic (exact) mass is 500 g/mol. The number of pyridine rings is 1. The number of hydrogen-bond acceptors (Lipinski definition) is 10. The van der Waals surface area contributed by atoms with Gasteiger partial charge in [-0.3, -0.25) is 4.98 Å². The maximum atomic E-state index is 12.9. The number of aromatic nitrogens is 2. The van der Waals surface area contributed by atoms with Crippen LogP contribution in [0.3, 0.4) is 0 Å². The predicted octanol–water partition coefficient (Wildman–Crippen LogP) is 3.79. The minimum atomic E-state index is -0.713. The number of benzene rings is 2. The summed E-state index contributed by atoms with van der Waals surface area (Å²) in [7, 11) is 4.50. The number of fused-ring (bicyclic) bond motifs is 2. The molecule has 0 amide bonds. The van der Waals surface area contributed by atoms with Crippen molar-refractivity contribution >= 4 is 23.1 Å². The molecule has 0 fully saturated rings. The zero-order valence-electron chi connectivity index (χ0n) is 20.6. The summed E-state index contributed by atoms with van der Waals surface area (Å²) in [6.45, 7) is 0.532. The Kier molecular flexibility index (Phi) is 6.51. The number of carbonyl (C=O) groups is 1. The van der Waals surface area contributed by atoms with E-state index in [4.69, 9.17) is 23.4 Å². The van der Waals surface area contributed by atoms with Crippen molar-refractivity contribution in [3.8, 4) is 23.3 Å². The molecule has 0 bridgehead atoms. The lowest BCUT2D eigenvalue weighted by atomic mass is 9.92. The van der Waals surface area contributed by atoms with Crippen LogP contribution in [0.5, 0.6) is 17.2 Å². The average Bonchev–Trinajstić information content (AvgIpc) is 3.38. The van der Waals surface area contributed by atoms with Gasteiger partial charge < -0.3 is 28.3 Å². The molecule has 0 radical (unpaired) electrons. The number of oxazole rings is 1. The molecule has 0 spiro atoms. The maximum Gasteiger partial charge on any atom is 0.329 e. The van der Waals surface area contributed by atoms with Crippen LogP contribution in [-0.4, -0.2) is 43.3 Å². The van der Waals surface area contributed by atoms with E-state index in [1.54, 1.807) is 43.5 Å². The lowest BCUT2D eigenvalue weighted by Gasteiger charge is -2.35. The van der Waals surface area contributed by atoms with Crippen LogP contribution < -0.4 is 19.1 Å². The van der Waals surface area contributed by atoms with Gasteiger partial charge in [-0.1, -0.05) is 6.07 Å². The standard InChI is InChI=1S/C27H24N4O6/c1-33-19-7-6-18(29-13-19)15-36-25-20-11-22(26(32)35-3)31(14-17(20)5-9-23(25)34-2)27-30-21-8-4-16(12-28)10-24(21)37-27/h4-10,13,22H,11,14-15H2,1-3H3. The summed E-state index contributed by atoms with van der Waals surface area (Å²) in [4.78, 5) is 23.6. The van der Waals surface area contributed by atoms with Gasteiger partial charge in [0.25, 0.3) is 6.01 Å². The number of methoxy groups -OCH3 is 3. The zero-order valence-corrected chi connectivity index (χ0v) is 20.6. The van der Waals surface area contributed by atoms with Crippen molar-refractivity contribution in [2.75, 3.05) is 26.2 Å². The number of esters is 1. The van der Waals surface area contributed by atoms with Gasteiger partial charge in [-0.2, -0.15) is 10.2 Å². The number of rotatable bonds is 7. The van der Waals surface area contributed by atoms with E-state index >= 15 is 0 Å². The van der Waals surface area contributed by atoms with Crippen molar-refractivity contribution < 1.29 is 28.2 Å². The van der Waals surface area contributed by atoms with E-state index in [0.29, 0.717) is 46.2 Å². The number of hydrogen-bond donors (Lipinski definition) is 0. The second-order valence-electron chi connectivity index (χ2n) is 8.37. The Labute approximate surface area is 213 Å². The highest BCUT2D eigenvalue weighted by atomic mass is 16.5. The van der Waals surface area contributed by atoms with E-state index in [1.807, 2.05) is 24.3 Å². The summed E-state index contributed by atoms with van der Waals surface area (Å²) in [5.74, 6) is 1.32. The van der Waals surface area contributed by atoms with Crippen molar-refractivity contribution in [1.29, 1.82) is 5.26 Å². The van der Waals surface area contributed by atoms with E-state index in [0.717, 1.165) is 11.1 Å². The van der Waals surface area contributed by atoms with Gasteiger partial charge in [-0.15, -0.1) is 0 Å². The summed E-state index contributed by atoms with van der Waals surface area (Å²) in [6.07, 6.45) is 1.91. The summed E-state index contributed by atoms with van der Waals surface area (Å²) >= 11 is 0. The van der Waals surface area contributed by atoms with Gasteiger partial charge in [-0.25, -0.2) is 4.79 Å². The fourth-order valence-electron chi connectivity index (χ4n) is 4.35. The first-order valence-electron chi connectivity index (χ1n) is 11.5. The molecule has 2 aromatic carbocycles. The molecule has 0 saturated carbocycles. The normalized spacial score (nSPS) is 14.5. The van der Waals surface area contributed by atoms with Crippen LogP contribution in [0.15, 0.2) is 53.1 Å².